The Labute approximate surface area is 123 Å². The number of carbonyl (C=O) groups excluding carboxylic acids is 4. The Kier molecular flexibility index (Phi) is 3.78. The summed E-state index contributed by atoms with van der Waals surface area (Å²) in [4.78, 5) is 47.8. The number of rotatable bonds is 3. The maximum Gasteiger partial charge on any atom is 0.334 e. The number of hydrogen-bond acceptors (Lipinski definition) is 4. The molecule has 0 atom stereocenters. The molecule has 104 valence electrons. The maximum absolute atomic E-state index is 12.0. The van der Waals surface area contributed by atoms with Crippen LogP contribution in [0.4, 0.5) is 4.79 Å². The summed E-state index contributed by atoms with van der Waals surface area (Å²) in [6, 6.07) is 3.40. The molecule has 1 aromatic carbocycles. The van der Waals surface area contributed by atoms with Crippen LogP contribution in [0.5, 0.6) is 0 Å². The molecule has 0 aromatic heterocycles. The number of urea groups is 1. The quantitative estimate of drug-likeness (QED) is 0.482. The molecule has 1 aliphatic rings. The normalized spacial score (nSPS) is 15.2. The van der Waals surface area contributed by atoms with Crippen molar-refractivity contribution in [3.8, 4) is 0 Å². The van der Waals surface area contributed by atoms with E-state index in [9.17, 15) is 19.2 Å². The monoisotopic (exact) mass is 314 g/mol. The zero-order chi connectivity index (χ0) is 15.0. The van der Waals surface area contributed by atoms with Crippen LogP contribution in [0.2, 0.25) is 10.0 Å². The van der Waals surface area contributed by atoms with E-state index in [0.29, 0.717) is 14.8 Å². The molecule has 1 aromatic rings. The van der Waals surface area contributed by atoms with Gasteiger partial charge >= 0.3 is 17.8 Å². The highest BCUT2D eigenvalue weighted by Gasteiger charge is 2.43. The molecule has 1 aliphatic heterocycles. The number of carbonyl (C=O) groups is 4. The number of nitrogens with zero attached hydrogens (tertiary/aromatic N) is 2. The Morgan fingerprint density at radius 2 is 1.80 bits per heavy atom. The largest absolute Gasteiger partial charge is 0.334 e. The first-order valence-corrected chi connectivity index (χ1v) is 6.20. The van der Waals surface area contributed by atoms with Crippen molar-refractivity contribution in [2.24, 2.45) is 0 Å². The van der Waals surface area contributed by atoms with Gasteiger partial charge in [-0.3, -0.25) is 19.3 Å². The van der Waals surface area contributed by atoms with E-state index in [1.807, 2.05) is 0 Å². The molecule has 0 aliphatic carbocycles. The fraction of sp³-hybridized carbons (Fsp3) is 0.167. The molecule has 20 heavy (non-hydrogen) atoms. The summed E-state index contributed by atoms with van der Waals surface area (Å²) in [7, 11) is 1.17. The highest BCUT2D eigenvalue weighted by Crippen LogP contribution is 2.22. The summed E-state index contributed by atoms with van der Waals surface area (Å²) in [5.41, 5.74) is 0.124. The fourth-order valence-corrected chi connectivity index (χ4v) is 2.21. The van der Waals surface area contributed by atoms with E-state index in [0.717, 1.165) is 0 Å². The average Bonchev–Trinajstić information content (AvgIpc) is 2.56. The average molecular weight is 315 g/mol. The first-order chi connectivity index (χ1) is 9.32. The van der Waals surface area contributed by atoms with Crippen LogP contribution >= 0.6 is 23.2 Å². The van der Waals surface area contributed by atoms with E-state index in [2.05, 4.69) is 0 Å². The van der Waals surface area contributed by atoms with Crippen molar-refractivity contribution in [2.75, 3.05) is 13.6 Å². The van der Waals surface area contributed by atoms with Gasteiger partial charge in [-0.05, 0) is 18.2 Å². The molecule has 6 nitrogen and oxygen atoms in total. The number of amides is 4. The molecule has 0 unspecified atom stereocenters. The first-order valence-electron chi connectivity index (χ1n) is 5.44. The number of ketones is 1. The minimum absolute atomic E-state index is 0.112. The van der Waals surface area contributed by atoms with Gasteiger partial charge in [0.1, 0.15) is 0 Å². The van der Waals surface area contributed by atoms with Gasteiger partial charge in [0.05, 0.1) is 11.6 Å². The van der Waals surface area contributed by atoms with Gasteiger partial charge in [-0.25, -0.2) is 9.69 Å². The SMILES string of the molecule is CN1C(=O)C(=O)N(CC(=O)c2ccc(Cl)cc2Cl)C1=O. The minimum Gasteiger partial charge on any atom is -0.292 e. The zero-order valence-electron chi connectivity index (χ0n) is 10.2. The van der Waals surface area contributed by atoms with Crippen molar-refractivity contribution in [3.05, 3.63) is 33.8 Å². The van der Waals surface area contributed by atoms with Crippen molar-refractivity contribution >= 4 is 46.8 Å². The molecule has 0 N–H and O–H groups in total. The van der Waals surface area contributed by atoms with E-state index in [4.69, 9.17) is 23.2 Å². The number of halogens is 2. The van der Waals surface area contributed by atoms with Gasteiger partial charge in [0, 0.05) is 17.6 Å². The van der Waals surface area contributed by atoms with Crippen LogP contribution in [0.15, 0.2) is 18.2 Å². The lowest BCUT2D eigenvalue weighted by Gasteiger charge is -2.12. The number of Topliss-reactive ketones (excluding diaryl/α,β-unsaturated/α-hetero) is 1. The molecular formula is C12H8Cl2N2O4. The number of likely N-dealkylation sites (N-methyl/N-ethyl adjacent to an activating group) is 1. The summed E-state index contributed by atoms with van der Waals surface area (Å²) in [5, 5.41) is 0.469. The van der Waals surface area contributed by atoms with Gasteiger partial charge < -0.3 is 0 Å². The smallest absolute Gasteiger partial charge is 0.292 e. The maximum atomic E-state index is 12.0. The van der Waals surface area contributed by atoms with Crippen LogP contribution in [0.3, 0.4) is 0 Å². The van der Waals surface area contributed by atoms with E-state index in [-0.39, 0.29) is 10.6 Å². The van der Waals surface area contributed by atoms with E-state index in [1.165, 1.54) is 25.2 Å². The summed E-state index contributed by atoms with van der Waals surface area (Å²) in [5.74, 6) is -2.56. The van der Waals surface area contributed by atoms with Crippen LogP contribution in [0.1, 0.15) is 10.4 Å². The molecule has 0 bridgehead atoms. The Hall–Kier alpha value is -1.92. The Bertz CT molecular complexity index is 644. The molecule has 0 radical (unpaired) electrons. The van der Waals surface area contributed by atoms with Gasteiger partial charge in [-0.1, -0.05) is 23.2 Å². The van der Waals surface area contributed by atoms with Gasteiger partial charge in [-0.15, -0.1) is 0 Å². The molecule has 8 heteroatoms. The molecule has 2 rings (SSSR count). The van der Waals surface area contributed by atoms with Crippen LogP contribution in [0.25, 0.3) is 0 Å². The van der Waals surface area contributed by atoms with Crippen molar-refractivity contribution in [1.82, 2.24) is 9.80 Å². The molecule has 1 saturated heterocycles. The predicted molar refractivity (Wildman–Crippen MR) is 70.7 cm³/mol. The van der Waals surface area contributed by atoms with E-state index < -0.39 is 30.2 Å². The second-order valence-electron chi connectivity index (χ2n) is 4.09. The third kappa shape index (κ3) is 2.39. The Morgan fingerprint density at radius 3 is 2.30 bits per heavy atom. The summed E-state index contributed by atoms with van der Waals surface area (Å²) in [6.45, 7) is -0.547. The van der Waals surface area contributed by atoms with Gasteiger partial charge in [0.25, 0.3) is 0 Å². The summed E-state index contributed by atoms with van der Waals surface area (Å²) < 4.78 is 0. The van der Waals surface area contributed by atoms with Gasteiger partial charge in [-0.2, -0.15) is 0 Å². The van der Waals surface area contributed by atoms with Crippen molar-refractivity contribution in [1.29, 1.82) is 0 Å². The van der Waals surface area contributed by atoms with Gasteiger partial charge in [0.2, 0.25) is 0 Å². The Balaban J connectivity index is 2.22. The number of hydrogen-bond donors (Lipinski definition) is 0. The lowest BCUT2D eigenvalue weighted by molar-refractivity contribution is -0.142. The molecule has 0 saturated carbocycles. The Morgan fingerprint density at radius 1 is 1.15 bits per heavy atom. The fourth-order valence-electron chi connectivity index (χ4n) is 1.70. The second kappa shape index (κ2) is 5.22. The molecular weight excluding hydrogens is 307 g/mol. The number of benzene rings is 1. The topological polar surface area (TPSA) is 74.8 Å². The van der Waals surface area contributed by atoms with Crippen LogP contribution in [-0.4, -0.2) is 47.0 Å². The lowest BCUT2D eigenvalue weighted by Crippen LogP contribution is -2.36. The van der Waals surface area contributed by atoms with Crippen LogP contribution in [-0.2, 0) is 9.59 Å². The summed E-state index contributed by atoms with van der Waals surface area (Å²) in [6.07, 6.45) is 0. The van der Waals surface area contributed by atoms with Crippen molar-refractivity contribution in [2.45, 2.75) is 0 Å². The zero-order valence-corrected chi connectivity index (χ0v) is 11.7. The minimum atomic E-state index is -1.03. The second-order valence-corrected chi connectivity index (χ2v) is 4.93. The van der Waals surface area contributed by atoms with Crippen LogP contribution < -0.4 is 0 Å². The molecule has 4 amide bonds. The van der Waals surface area contributed by atoms with Crippen molar-refractivity contribution in [3.63, 3.8) is 0 Å². The molecule has 1 heterocycles. The standard InChI is InChI=1S/C12H8Cl2N2O4/c1-15-10(18)11(19)16(12(15)20)5-9(17)7-3-2-6(13)4-8(7)14/h2-4H,5H2,1H3. The molecule has 1 fully saturated rings. The number of imide groups is 2. The third-order valence-corrected chi connectivity index (χ3v) is 3.33. The molecule has 0 spiro atoms. The third-order valence-electron chi connectivity index (χ3n) is 2.78. The van der Waals surface area contributed by atoms with E-state index >= 15 is 0 Å². The highest BCUT2D eigenvalue weighted by atomic mass is 35.5. The predicted octanol–water partition coefficient (Wildman–Crippen LogP) is 1.60. The van der Waals surface area contributed by atoms with Crippen molar-refractivity contribution < 1.29 is 19.2 Å². The first kappa shape index (κ1) is 14.5. The van der Waals surface area contributed by atoms with Crippen LogP contribution in [0, 0.1) is 0 Å². The highest BCUT2D eigenvalue weighted by molar-refractivity contribution is 6.45. The van der Waals surface area contributed by atoms with E-state index in [1.54, 1.807) is 0 Å². The van der Waals surface area contributed by atoms with Gasteiger partial charge in [0.15, 0.2) is 5.78 Å². The lowest BCUT2D eigenvalue weighted by atomic mass is 10.1. The summed E-state index contributed by atoms with van der Waals surface area (Å²) >= 11 is 11.6.